The maximum Gasteiger partial charge on any atom is 0.120 e. The third kappa shape index (κ3) is 31.4. The van der Waals surface area contributed by atoms with Crippen molar-refractivity contribution in [2.24, 2.45) is 0 Å². The van der Waals surface area contributed by atoms with Crippen molar-refractivity contribution in [3.05, 3.63) is 12.2 Å². The maximum absolute atomic E-state index is 10.4. The summed E-state index contributed by atoms with van der Waals surface area (Å²) in [5.74, 6) is 0. The van der Waals surface area contributed by atoms with Crippen molar-refractivity contribution >= 4 is 12.5 Å². The molecule has 0 aromatic rings. The minimum Gasteiger partial charge on any atom is -0.303 e. The lowest BCUT2D eigenvalue weighted by molar-refractivity contribution is -0.108. The first-order chi connectivity index (χ1) is 13.0. The zero-order valence-electron chi connectivity index (χ0n) is 19.0. The molecule has 2 nitrogen and oxygen atoms in total. The first kappa shape index (κ1) is 22.1. The molecule has 0 spiro atoms. The van der Waals surface area contributed by atoms with Crippen LogP contribution in [0.2, 0.25) is 0 Å². The third-order valence-corrected chi connectivity index (χ3v) is 4.20. The molecule has 148 valence electrons. The van der Waals surface area contributed by atoms with Crippen LogP contribution in [0.15, 0.2) is 12.2 Å². The largest absolute Gasteiger partial charge is 0.303 e. The quantitative estimate of drug-likeness (QED) is 0.144. The Balaban J connectivity index is 0. The van der Waals surface area contributed by atoms with E-state index in [1.165, 1.54) is 70.6 Å². The summed E-state index contributed by atoms with van der Waals surface area (Å²) in [4.78, 5) is 20.5. The lowest BCUT2D eigenvalue weighted by Crippen LogP contribution is -1.83. The minimum atomic E-state index is -0.476. The molecular formula is C23H44O2. The van der Waals surface area contributed by atoms with Crippen LogP contribution >= 0.6 is 0 Å². The highest BCUT2D eigenvalue weighted by Gasteiger charge is 1.93. The number of allylic oxidation sites excluding steroid dienone is 2. The lowest BCUT2D eigenvalue weighted by Gasteiger charge is -2.02. The summed E-state index contributed by atoms with van der Waals surface area (Å²) in [6, 6.07) is 0. The second kappa shape index (κ2) is 27.9. The third-order valence-electron chi connectivity index (χ3n) is 4.20. The van der Waals surface area contributed by atoms with E-state index in [0.29, 0.717) is 12.8 Å². The van der Waals surface area contributed by atoms with Gasteiger partial charge < -0.3 is 9.59 Å². The molecule has 0 atom stereocenters. The Hall–Kier alpha value is -0.920. The van der Waals surface area contributed by atoms with Gasteiger partial charge in [-0.25, -0.2) is 0 Å². The molecule has 0 aromatic carbocycles. The number of aldehydes is 2. The van der Waals surface area contributed by atoms with Crippen LogP contribution < -0.4 is 0 Å². The molecule has 0 saturated heterocycles. The number of carbonyl (C=O) groups excluding carboxylic acids is 2. The fourth-order valence-corrected chi connectivity index (χ4v) is 2.64. The maximum atomic E-state index is 10.4. The fraction of sp³-hybridized carbons (Fsp3) is 0.826. The number of hydrogen-bond acceptors (Lipinski definition) is 2. The zero-order chi connectivity index (χ0) is 20.6. The van der Waals surface area contributed by atoms with E-state index < -0.39 is 12.5 Å². The van der Waals surface area contributed by atoms with Gasteiger partial charge in [-0.3, -0.25) is 0 Å². The van der Waals surface area contributed by atoms with Crippen LogP contribution in [0.5, 0.6) is 0 Å². The van der Waals surface area contributed by atoms with Gasteiger partial charge in [0.15, 0.2) is 0 Å². The van der Waals surface area contributed by atoms with Crippen LogP contribution in [-0.2, 0) is 9.59 Å². The molecular weight excluding hydrogens is 308 g/mol. The van der Waals surface area contributed by atoms with Crippen molar-refractivity contribution in [3.63, 3.8) is 0 Å². The minimum absolute atomic E-state index is 0.358. The van der Waals surface area contributed by atoms with Gasteiger partial charge in [0.05, 0.1) is 0 Å². The topological polar surface area (TPSA) is 34.1 Å². The van der Waals surface area contributed by atoms with Gasteiger partial charge in [0.1, 0.15) is 15.3 Å². The Kier molecular flexibility index (Phi) is 24.7. The van der Waals surface area contributed by atoms with Crippen molar-refractivity contribution < 1.29 is 12.3 Å². The monoisotopic (exact) mass is 354 g/mol. The number of carbonyl (C=O) groups is 2. The Morgan fingerprint density at radius 3 is 1.40 bits per heavy atom. The number of unbranched alkanes of at least 4 members (excludes halogenated alkanes) is 12. The summed E-state index contributed by atoms with van der Waals surface area (Å²) in [6.45, 7) is 4.30. The standard InChI is InChI=1S/C16H32O.C7H12O/c1-2-3-4-5-6-7-8-9-10-11-12-13-14-15-16-17;1-2-3-4-5-6-7-8/h16H,2-15H2,1H3;3-4,7H,2,5-6H2,1H3/i16D;7D. The van der Waals surface area contributed by atoms with Gasteiger partial charge in [-0.1, -0.05) is 103 Å². The number of hydrogen-bond donors (Lipinski definition) is 0. The van der Waals surface area contributed by atoms with E-state index in [9.17, 15) is 9.59 Å². The van der Waals surface area contributed by atoms with E-state index in [1.54, 1.807) is 0 Å². The molecule has 25 heavy (non-hydrogen) atoms. The number of rotatable bonds is 18. The van der Waals surface area contributed by atoms with E-state index in [-0.39, 0.29) is 0 Å². The summed E-state index contributed by atoms with van der Waals surface area (Å²) in [7, 11) is 0. The van der Waals surface area contributed by atoms with Crippen LogP contribution in [0.3, 0.4) is 0 Å². The molecule has 0 aliphatic carbocycles. The smallest absolute Gasteiger partial charge is 0.120 e. The highest BCUT2D eigenvalue weighted by Crippen LogP contribution is 2.12. The predicted octanol–water partition coefficient (Wildman–Crippen LogP) is 7.60. The SMILES string of the molecule is [2H]C(=O)CCC=CCC.[2H]C(=O)CCCCCCCCCCCCCCC. The summed E-state index contributed by atoms with van der Waals surface area (Å²) in [5, 5.41) is 0. The van der Waals surface area contributed by atoms with E-state index in [0.717, 1.165) is 25.7 Å². The Bertz CT molecular complexity index is 354. The van der Waals surface area contributed by atoms with E-state index in [1.807, 2.05) is 19.1 Å². The van der Waals surface area contributed by atoms with E-state index in [2.05, 4.69) is 6.92 Å². The van der Waals surface area contributed by atoms with Crippen molar-refractivity contribution in [2.45, 2.75) is 123 Å². The average molecular weight is 355 g/mol. The van der Waals surface area contributed by atoms with Crippen LogP contribution in [0.1, 0.15) is 126 Å². The first-order valence-corrected chi connectivity index (χ1v) is 10.7. The molecule has 0 amide bonds. The molecule has 0 aliphatic rings. The summed E-state index contributed by atoms with van der Waals surface area (Å²) in [6.07, 6.45) is 22.7. The highest BCUT2D eigenvalue weighted by atomic mass is 16.1. The van der Waals surface area contributed by atoms with Gasteiger partial charge in [0.2, 0.25) is 0 Å². The van der Waals surface area contributed by atoms with Crippen molar-refractivity contribution in [1.82, 2.24) is 0 Å². The Labute approximate surface area is 160 Å². The van der Waals surface area contributed by atoms with Gasteiger partial charge in [-0.05, 0) is 19.3 Å². The van der Waals surface area contributed by atoms with Crippen LogP contribution in [0.25, 0.3) is 0 Å². The second-order valence-electron chi connectivity index (χ2n) is 6.70. The molecule has 0 N–H and O–H groups in total. The summed E-state index contributed by atoms with van der Waals surface area (Å²) in [5.41, 5.74) is 0. The van der Waals surface area contributed by atoms with Gasteiger partial charge in [-0.2, -0.15) is 0 Å². The first-order valence-electron chi connectivity index (χ1n) is 11.7. The molecule has 0 saturated carbocycles. The van der Waals surface area contributed by atoms with Gasteiger partial charge in [0, 0.05) is 12.8 Å². The molecule has 0 heterocycles. The van der Waals surface area contributed by atoms with E-state index >= 15 is 0 Å². The Morgan fingerprint density at radius 1 is 0.560 bits per heavy atom. The van der Waals surface area contributed by atoms with Crippen molar-refractivity contribution in [2.75, 3.05) is 0 Å². The van der Waals surface area contributed by atoms with Gasteiger partial charge in [0.25, 0.3) is 0 Å². The fourth-order valence-electron chi connectivity index (χ4n) is 2.64. The molecule has 0 rings (SSSR count). The van der Waals surface area contributed by atoms with Gasteiger partial charge in [-0.15, -0.1) is 0 Å². The van der Waals surface area contributed by atoms with Crippen LogP contribution in [0.4, 0.5) is 0 Å². The van der Waals surface area contributed by atoms with Crippen molar-refractivity contribution in [1.29, 1.82) is 0 Å². The molecule has 0 radical (unpaired) electrons. The molecule has 0 aliphatic heterocycles. The Morgan fingerprint density at radius 2 is 1.00 bits per heavy atom. The molecule has 0 bridgehead atoms. The molecule has 0 aromatic heterocycles. The second-order valence-corrected chi connectivity index (χ2v) is 6.70. The summed E-state index contributed by atoms with van der Waals surface area (Å²) < 4.78 is 13.3. The molecule has 0 fully saturated rings. The summed E-state index contributed by atoms with van der Waals surface area (Å²) >= 11 is 0. The van der Waals surface area contributed by atoms with Crippen LogP contribution in [0, 0.1) is 0 Å². The van der Waals surface area contributed by atoms with Crippen LogP contribution in [-0.4, -0.2) is 12.5 Å². The molecule has 0 unspecified atom stereocenters. The lowest BCUT2D eigenvalue weighted by atomic mass is 10.0. The van der Waals surface area contributed by atoms with E-state index in [4.69, 9.17) is 2.74 Å². The predicted molar refractivity (Wildman–Crippen MR) is 111 cm³/mol. The van der Waals surface area contributed by atoms with Crippen molar-refractivity contribution in [3.8, 4) is 0 Å². The normalized spacial score (nSPS) is 11.6. The highest BCUT2D eigenvalue weighted by molar-refractivity contribution is 5.49. The zero-order valence-corrected chi connectivity index (χ0v) is 17.0. The van der Waals surface area contributed by atoms with Gasteiger partial charge >= 0.3 is 0 Å². The molecule has 2 heteroatoms. The average Bonchev–Trinajstić information content (AvgIpc) is 2.63.